The minimum atomic E-state index is -0.266. The van der Waals surface area contributed by atoms with Gasteiger partial charge in [0.1, 0.15) is 5.69 Å². The topological polar surface area (TPSA) is 85.8 Å². The van der Waals surface area contributed by atoms with Crippen molar-refractivity contribution >= 4 is 28.1 Å². The van der Waals surface area contributed by atoms with Gasteiger partial charge in [-0.3, -0.25) is 14.8 Å². The zero-order valence-corrected chi connectivity index (χ0v) is 11.6. The first-order chi connectivity index (χ1) is 9.06. The molecule has 0 saturated heterocycles. The first kappa shape index (κ1) is 12.2. The molecule has 6 nitrogen and oxygen atoms in total. The van der Waals surface area contributed by atoms with E-state index in [0.29, 0.717) is 28.1 Å². The summed E-state index contributed by atoms with van der Waals surface area (Å²) in [5, 5.41) is 9.54. The number of amides is 1. The van der Waals surface area contributed by atoms with E-state index in [4.69, 9.17) is 5.73 Å². The molecule has 1 aliphatic carbocycles. The molecule has 7 heteroatoms. The molecule has 0 aromatic carbocycles. The van der Waals surface area contributed by atoms with Gasteiger partial charge in [-0.15, -0.1) is 11.3 Å². The molecular weight excluding hydrogens is 262 g/mol. The molecule has 0 radical (unpaired) electrons. The SMILES string of the molecule is Cc1nn(C)c(C(=O)Nc2nc(C3CC3)cs2)c1N. The highest BCUT2D eigenvalue weighted by atomic mass is 32.1. The number of anilines is 2. The molecule has 0 atom stereocenters. The Bertz CT molecular complexity index is 641. The first-order valence-electron chi connectivity index (χ1n) is 6.12. The zero-order valence-electron chi connectivity index (χ0n) is 10.8. The van der Waals surface area contributed by atoms with Crippen molar-refractivity contribution in [3.8, 4) is 0 Å². The van der Waals surface area contributed by atoms with Gasteiger partial charge in [0.15, 0.2) is 5.13 Å². The first-order valence-corrected chi connectivity index (χ1v) is 7.00. The fourth-order valence-electron chi connectivity index (χ4n) is 2.01. The van der Waals surface area contributed by atoms with E-state index in [1.54, 1.807) is 14.0 Å². The van der Waals surface area contributed by atoms with Crippen molar-refractivity contribution in [2.45, 2.75) is 25.7 Å². The smallest absolute Gasteiger partial charge is 0.277 e. The normalized spacial score (nSPS) is 14.6. The van der Waals surface area contributed by atoms with Crippen molar-refractivity contribution in [1.29, 1.82) is 0 Å². The molecule has 0 spiro atoms. The van der Waals surface area contributed by atoms with Crippen molar-refractivity contribution in [2.24, 2.45) is 7.05 Å². The lowest BCUT2D eigenvalue weighted by molar-refractivity contribution is 0.101. The van der Waals surface area contributed by atoms with E-state index < -0.39 is 0 Å². The third kappa shape index (κ3) is 2.21. The van der Waals surface area contributed by atoms with Crippen LogP contribution in [0, 0.1) is 6.92 Å². The molecule has 19 heavy (non-hydrogen) atoms. The molecule has 1 amide bonds. The Morgan fingerprint density at radius 3 is 2.89 bits per heavy atom. The zero-order chi connectivity index (χ0) is 13.6. The van der Waals surface area contributed by atoms with Crippen LogP contribution < -0.4 is 11.1 Å². The number of aromatic nitrogens is 3. The standard InChI is InChI=1S/C12H15N5OS/c1-6-9(13)10(17(2)16-6)11(18)15-12-14-8(5-19-12)7-3-4-7/h5,7H,3-4,13H2,1-2H3,(H,14,15,18). The summed E-state index contributed by atoms with van der Waals surface area (Å²) in [6.45, 7) is 1.78. The van der Waals surface area contributed by atoms with Crippen LogP contribution in [-0.4, -0.2) is 20.7 Å². The number of hydrogen-bond acceptors (Lipinski definition) is 5. The second-order valence-corrected chi connectivity index (χ2v) is 5.64. The van der Waals surface area contributed by atoms with E-state index in [2.05, 4.69) is 15.4 Å². The number of nitrogens with zero attached hydrogens (tertiary/aromatic N) is 3. The van der Waals surface area contributed by atoms with Crippen LogP contribution in [0.3, 0.4) is 0 Å². The Hall–Kier alpha value is -1.89. The summed E-state index contributed by atoms with van der Waals surface area (Å²) in [6, 6.07) is 0. The van der Waals surface area contributed by atoms with Crippen molar-refractivity contribution in [2.75, 3.05) is 11.1 Å². The number of carbonyl (C=O) groups is 1. The summed E-state index contributed by atoms with van der Waals surface area (Å²) in [5.74, 6) is 0.322. The Kier molecular flexibility index (Phi) is 2.78. The van der Waals surface area contributed by atoms with Crippen molar-refractivity contribution in [1.82, 2.24) is 14.8 Å². The fraction of sp³-hybridized carbons (Fsp3) is 0.417. The van der Waals surface area contributed by atoms with Gasteiger partial charge in [-0.25, -0.2) is 4.98 Å². The quantitative estimate of drug-likeness (QED) is 0.897. The highest BCUT2D eigenvalue weighted by molar-refractivity contribution is 7.14. The molecule has 1 fully saturated rings. The maximum absolute atomic E-state index is 12.2. The minimum Gasteiger partial charge on any atom is -0.395 e. The van der Waals surface area contributed by atoms with Gasteiger partial charge in [-0.2, -0.15) is 5.10 Å². The molecule has 2 aromatic rings. The molecule has 3 N–H and O–H groups in total. The largest absolute Gasteiger partial charge is 0.395 e. The van der Waals surface area contributed by atoms with Gasteiger partial charge in [0.05, 0.1) is 17.1 Å². The molecule has 0 aliphatic heterocycles. The van der Waals surface area contributed by atoms with Crippen LogP contribution in [0.25, 0.3) is 0 Å². The second-order valence-electron chi connectivity index (χ2n) is 4.78. The fourth-order valence-corrected chi connectivity index (χ4v) is 2.80. The highest BCUT2D eigenvalue weighted by Gasteiger charge is 2.26. The van der Waals surface area contributed by atoms with E-state index in [0.717, 1.165) is 5.69 Å². The van der Waals surface area contributed by atoms with Crippen LogP contribution >= 0.6 is 11.3 Å². The van der Waals surface area contributed by atoms with Crippen LogP contribution in [-0.2, 0) is 7.05 Å². The Labute approximate surface area is 114 Å². The number of carbonyl (C=O) groups excluding carboxylic acids is 1. The molecule has 0 unspecified atom stereocenters. The summed E-state index contributed by atoms with van der Waals surface area (Å²) in [5.41, 5.74) is 8.39. The number of aryl methyl sites for hydroxylation is 2. The number of rotatable bonds is 3. The number of nitrogens with two attached hydrogens (primary N) is 1. The lowest BCUT2D eigenvalue weighted by atomic mass is 10.3. The van der Waals surface area contributed by atoms with E-state index in [9.17, 15) is 4.79 Å². The Morgan fingerprint density at radius 1 is 1.58 bits per heavy atom. The van der Waals surface area contributed by atoms with Crippen molar-refractivity contribution < 1.29 is 4.79 Å². The van der Waals surface area contributed by atoms with Crippen LogP contribution in [0.2, 0.25) is 0 Å². The number of thiazole rings is 1. The van der Waals surface area contributed by atoms with Gasteiger partial charge < -0.3 is 5.73 Å². The molecule has 2 heterocycles. The van der Waals surface area contributed by atoms with Gasteiger partial charge in [0, 0.05) is 18.3 Å². The number of nitrogens with one attached hydrogen (secondary N) is 1. The summed E-state index contributed by atoms with van der Waals surface area (Å²) < 4.78 is 1.50. The average Bonchev–Trinajstić information content (AvgIpc) is 3.04. The van der Waals surface area contributed by atoms with Crippen LogP contribution in [0.4, 0.5) is 10.8 Å². The maximum Gasteiger partial charge on any atom is 0.277 e. The van der Waals surface area contributed by atoms with Gasteiger partial charge >= 0.3 is 0 Å². The van der Waals surface area contributed by atoms with Gasteiger partial charge in [-0.1, -0.05) is 0 Å². The van der Waals surface area contributed by atoms with Crippen molar-refractivity contribution in [3.63, 3.8) is 0 Å². The van der Waals surface area contributed by atoms with Crippen LogP contribution in [0.15, 0.2) is 5.38 Å². The Balaban J connectivity index is 1.79. The van der Waals surface area contributed by atoms with Gasteiger partial charge in [-0.05, 0) is 19.8 Å². The molecule has 0 bridgehead atoms. The maximum atomic E-state index is 12.2. The third-order valence-corrected chi connectivity index (χ3v) is 4.00. The number of nitrogen functional groups attached to an aromatic ring is 1. The van der Waals surface area contributed by atoms with E-state index in [1.165, 1.54) is 28.9 Å². The van der Waals surface area contributed by atoms with Crippen molar-refractivity contribution in [3.05, 3.63) is 22.5 Å². The second kappa shape index (κ2) is 4.34. The molecular formula is C12H15N5OS. The Morgan fingerprint density at radius 2 is 2.32 bits per heavy atom. The summed E-state index contributed by atoms with van der Waals surface area (Å²) in [4.78, 5) is 16.6. The summed E-state index contributed by atoms with van der Waals surface area (Å²) in [6.07, 6.45) is 2.40. The molecule has 3 rings (SSSR count). The molecule has 1 aliphatic rings. The minimum absolute atomic E-state index is 0.266. The van der Waals surface area contributed by atoms with E-state index >= 15 is 0 Å². The lowest BCUT2D eigenvalue weighted by Crippen LogP contribution is -2.17. The predicted octanol–water partition coefficient (Wildman–Crippen LogP) is 1.90. The highest BCUT2D eigenvalue weighted by Crippen LogP contribution is 2.40. The predicted molar refractivity (Wildman–Crippen MR) is 74.4 cm³/mol. The third-order valence-electron chi connectivity index (χ3n) is 3.22. The average molecular weight is 277 g/mol. The van der Waals surface area contributed by atoms with Gasteiger partial charge in [0.2, 0.25) is 0 Å². The monoisotopic (exact) mass is 277 g/mol. The summed E-state index contributed by atoms with van der Waals surface area (Å²) >= 11 is 1.45. The van der Waals surface area contributed by atoms with Crippen LogP contribution in [0.1, 0.15) is 40.6 Å². The van der Waals surface area contributed by atoms with Crippen LogP contribution in [0.5, 0.6) is 0 Å². The molecule has 1 saturated carbocycles. The van der Waals surface area contributed by atoms with Gasteiger partial charge in [0.25, 0.3) is 5.91 Å². The lowest BCUT2D eigenvalue weighted by Gasteiger charge is -2.03. The summed E-state index contributed by atoms with van der Waals surface area (Å²) in [7, 11) is 1.70. The molecule has 100 valence electrons. The molecule has 2 aromatic heterocycles. The van der Waals surface area contributed by atoms with E-state index in [1.807, 2.05) is 5.38 Å². The number of hydrogen-bond donors (Lipinski definition) is 2. The van der Waals surface area contributed by atoms with E-state index in [-0.39, 0.29) is 5.91 Å².